The highest BCUT2D eigenvalue weighted by atomic mass is 19.1. The number of nitrogens with two attached hydrogens (primary N) is 1. The summed E-state index contributed by atoms with van der Waals surface area (Å²) in [5, 5.41) is 0. The third kappa shape index (κ3) is 3.02. The first-order valence-corrected chi connectivity index (χ1v) is 7.68. The van der Waals surface area contributed by atoms with Gasteiger partial charge in [0.15, 0.2) is 0 Å². The fourth-order valence-electron chi connectivity index (χ4n) is 2.73. The Morgan fingerprint density at radius 1 is 1.08 bits per heavy atom. The maximum Gasteiger partial charge on any atom is 0.259 e. The predicted octanol–water partition coefficient (Wildman–Crippen LogP) is 2.21. The van der Waals surface area contributed by atoms with E-state index in [1.807, 2.05) is 17.9 Å². The number of nitrogen functional groups attached to an aromatic ring is 1. The van der Waals surface area contributed by atoms with Crippen molar-refractivity contribution in [1.82, 2.24) is 9.88 Å². The summed E-state index contributed by atoms with van der Waals surface area (Å²) in [6.07, 6.45) is 0. The zero-order chi connectivity index (χ0) is 17.3. The highest BCUT2D eigenvalue weighted by Crippen LogP contribution is 2.20. The monoisotopic (exact) mass is 332 g/mol. The lowest BCUT2D eigenvalue weighted by molar-refractivity contribution is 0.0736. The summed E-state index contributed by atoms with van der Waals surface area (Å²) in [5.41, 5.74) is 6.65. The fourth-order valence-corrected chi connectivity index (χ4v) is 2.73. The lowest BCUT2D eigenvalue weighted by Gasteiger charge is -2.35. The average molecular weight is 332 g/mol. The van der Waals surface area contributed by atoms with E-state index in [1.54, 1.807) is 6.07 Å². The second kappa shape index (κ2) is 6.43. The molecule has 0 unspecified atom stereocenters. The molecule has 3 rings (SSSR count). The molecule has 126 valence electrons. The molecule has 2 aromatic rings. The van der Waals surface area contributed by atoms with Gasteiger partial charge in [0.25, 0.3) is 5.91 Å². The van der Waals surface area contributed by atoms with Gasteiger partial charge in [0.05, 0.1) is 11.4 Å². The molecule has 5 nitrogen and oxygen atoms in total. The SMILES string of the molecule is Cc1nc(N2CCN(C(=O)c3c(F)cccc3F)CC2)ccc1N. The summed E-state index contributed by atoms with van der Waals surface area (Å²) >= 11 is 0. The second-order valence-corrected chi connectivity index (χ2v) is 5.72. The minimum atomic E-state index is -0.835. The maximum atomic E-state index is 13.8. The molecule has 0 saturated carbocycles. The summed E-state index contributed by atoms with van der Waals surface area (Å²) in [7, 11) is 0. The number of carbonyl (C=O) groups is 1. The molecule has 0 aliphatic carbocycles. The third-order valence-corrected chi connectivity index (χ3v) is 4.18. The van der Waals surface area contributed by atoms with Gasteiger partial charge in [0.1, 0.15) is 23.0 Å². The predicted molar refractivity (Wildman–Crippen MR) is 87.9 cm³/mol. The van der Waals surface area contributed by atoms with Gasteiger partial charge >= 0.3 is 0 Å². The number of benzene rings is 1. The number of hydrogen-bond donors (Lipinski definition) is 1. The number of aryl methyl sites for hydroxylation is 1. The Morgan fingerprint density at radius 2 is 1.71 bits per heavy atom. The molecule has 0 radical (unpaired) electrons. The molecular formula is C17H18F2N4O. The van der Waals surface area contributed by atoms with Crippen LogP contribution in [0.5, 0.6) is 0 Å². The maximum absolute atomic E-state index is 13.8. The topological polar surface area (TPSA) is 62.5 Å². The average Bonchev–Trinajstić information content (AvgIpc) is 2.57. The van der Waals surface area contributed by atoms with Crippen LogP contribution >= 0.6 is 0 Å². The molecule has 1 aromatic heterocycles. The Morgan fingerprint density at radius 3 is 2.29 bits per heavy atom. The molecule has 0 bridgehead atoms. The zero-order valence-corrected chi connectivity index (χ0v) is 13.3. The van der Waals surface area contributed by atoms with E-state index < -0.39 is 23.1 Å². The molecular weight excluding hydrogens is 314 g/mol. The molecule has 1 fully saturated rings. The third-order valence-electron chi connectivity index (χ3n) is 4.18. The van der Waals surface area contributed by atoms with Crippen LogP contribution in [-0.2, 0) is 0 Å². The zero-order valence-electron chi connectivity index (χ0n) is 13.3. The van der Waals surface area contributed by atoms with E-state index in [0.29, 0.717) is 31.9 Å². The van der Waals surface area contributed by atoms with Crippen molar-refractivity contribution in [3.8, 4) is 0 Å². The van der Waals surface area contributed by atoms with Crippen molar-refractivity contribution in [2.24, 2.45) is 0 Å². The second-order valence-electron chi connectivity index (χ2n) is 5.72. The Balaban J connectivity index is 1.70. The quantitative estimate of drug-likeness (QED) is 0.916. The highest BCUT2D eigenvalue weighted by Gasteiger charge is 2.26. The normalized spacial score (nSPS) is 14.8. The molecule has 7 heteroatoms. The van der Waals surface area contributed by atoms with Crippen LogP contribution in [0.4, 0.5) is 20.3 Å². The number of halogens is 2. The van der Waals surface area contributed by atoms with Gasteiger partial charge in [0.2, 0.25) is 0 Å². The Bertz CT molecular complexity index is 753. The number of nitrogens with zero attached hydrogens (tertiary/aromatic N) is 3. The molecule has 1 aromatic carbocycles. The van der Waals surface area contributed by atoms with Crippen LogP contribution in [0.2, 0.25) is 0 Å². The number of aromatic nitrogens is 1. The van der Waals surface area contributed by atoms with E-state index in [0.717, 1.165) is 23.6 Å². The first-order valence-electron chi connectivity index (χ1n) is 7.68. The van der Waals surface area contributed by atoms with Gasteiger partial charge in [-0.3, -0.25) is 4.79 Å². The Labute approximate surface area is 138 Å². The summed E-state index contributed by atoms with van der Waals surface area (Å²) in [4.78, 5) is 20.3. The van der Waals surface area contributed by atoms with Crippen molar-refractivity contribution in [3.05, 3.63) is 53.2 Å². The number of hydrogen-bond acceptors (Lipinski definition) is 4. The van der Waals surface area contributed by atoms with Gasteiger partial charge in [0, 0.05) is 26.2 Å². The number of pyridine rings is 1. The fraction of sp³-hybridized carbons (Fsp3) is 0.294. The molecule has 1 aliphatic rings. The first-order chi connectivity index (χ1) is 11.5. The van der Waals surface area contributed by atoms with Crippen molar-refractivity contribution in [2.45, 2.75) is 6.92 Å². The molecule has 1 saturated heterocycles. The summed E-state index contributed by atoms with van der Waals surface area (Å²) in [6, 6.07) is 7.05. The van der Waals surface area contributed by atoms with Crippen molar-refractivity contribution in [1.29, 1.82) is 0 Å². The highest BCUT2D eigenvalue weighted by molar-refractivity contribution is 5.95. The van der Waals surface area contributed by atoms with Crippen LogP contribution in [0.1, 0.15) is 16.1 Å². The molecule has 24 heavy (non-hydrogen) atoms. The van der Waals surface area contributed by atoms with Gasteiger partial charge in [-0.15, -0.1) is 0 Å². The van der Waals surface area contributed by atoms with E-state index in [-0.39, 0.29) is 0 Å². The van der Waals surface area contributed by atoms with Crippen molar-refractivity contribution >= 4 is 17.4 Å². The van der Waals surface area contributed by atoms with Crippen molar-refractivity contribution < 1.29 is 13.6 Å². The molecule has 1 amide bonds. The van der Waals surface area contributed by atoms with E-state index in [2.05, 4.69) is 4.98 Å². The van der Waals surface area contributed by atoms with E-state index in [1.165, 1.54) is 11.0 Å². The lowest BCUT2D eigenvalue weighted by Crippen LogP contribution is -2.49. The molecule has 1 aliphatic heterocycles. The summed E-state index contributed by atoms with van der Waals surface area (Å²) in [6.45, 7) is 3.66. The number of rotatable bonds is 2. The van der Waals surface area contributed by atoms with Crippen LogP contribution in [0.25, 0.3) is 0 Å². The van der Waals surface area contributed by atoms with Gasteiger partial charge in [-0.2, -0.15) is 0 Å². The smallest absolute Gasteiger partial charge is 0.259 e. The first kappa shape index (κ1) is 16.2. The van der Waals surface area contributed by atoms with Crippen LogP contribution in [0.3, 0.4) is 0 Å². The van der Waals surface area contributed by atoms with Crippen LogP contribution in [0, 0.1) is 18.6 Å². The minimum absolute atomic E-state index is 0.373. The largest absolute Gasteiger partial charge is 0.397 e. The molecule has 2 N–H and O–H groups in total. The number of amides is 1. The van der Waals surface area contributed by atoms with Gasteiger partial charge in [-0.1, -0.05) is 6.07 Å². The molecule has 0 spiro atoms. The van der Waals surface area contributed by atoms with E-state index in [4.69, 9.17) is 5.73 Å². The van der Waals surface area contributed by atoms with E-state index >= 15 is 0 Å². The molecule has 0 atom stereocenters. The molecule has 2 heterocycles. The van der Waals surface area contributed by atoms with E-state index in [9.17, 15) is 13.6 Å². The Kier molecular flexibility index (Phi) is 4.33. The Hall–Kier alpha value is -2.70. The lowest BCUT2D eigenvalue weighted by atomic mass is 10.1. The number of carbonyl (C=O) groups excluding carboxylic acids is 1. The van der Waals surface area contributed by atoms with Crippen LogP contribution < -0.4 is 10.6 Å². The number of anilines is 2. The summed E-state index contributed by atoms with van der Waals surface area (Å²) < 4.78 is 27.5. The van der Waals surface area contributed by atoms with Crippen molar-refractivity contribution in [2.75, 3.05) is 36.8 Å². The standard InChI is InChI=1S/C17H18F2N4O/c1-11-14(20)5-6-15(21-11)22-7-9-23(10-8-22)17(24)16-12(18)3-2-4-13(16)19/h2-6H,7-10,20H2,1H3. The van der Waals surface area contributed by atoms with Crippen molar-refractivity contribution in [3.63, 3.8) is 0 Å². The minimum Gasteiger partial charge on any atom is -0.397 e. The van der Waals surface area contributed by atoms with Crippen LogP contribution in [-0.4, -0.2) is 42.0 Å². The van der Waals surface area contributed by atoms with Gasteiger partial charge < -0.3 is 15.5 Å². The van der Waals surface area contributed by atoms with Crippen LogP contribution in [0.15, 0.2) is 30.3 Å². The van der Waals surface area contributed by atoms with Gasteiger partial charge in [-0.25, -0.2) is 13.8 Å². The van der Waals surface area contributed by atoms with Gasteiger partial charge in [-0.05, 0) is 31.2 Å². The summed E-state index contributed by atoms with van der Waals surface area (Å²) in [5.74, 6) is -1.51. The number of piperazine rings is 1.